The maximum atomic E-state index is 12.4. The Kier molecular flexibility index (Phi) is 4.18. The molecule has 0 saturated heterocycles. The van der Waals surface area contributed by atoms with E-state index in [1.165, 1.54) is 0 Å². The van der Waals surface area contributed by atoms with Crippen LogP contribution < -0.4 is 0 Å². The zero-order valence-corrected chi connectivity index (χ0v) is 9.72. The largest absolute Gasteiger partial charge is 0.298 e. The third-order valence-corrected chi connectivity index (χ3v) is 2.72. The number of nitrogens with zero attached hydrogens (tertiary/aromatic N) is 1. The predicted molar refractivity (Wildman–Crippen MR) is 56.9 cm³/mol. The van der Waals surface area contributed by atoms with E-state index < -0.39 is 6.43 Å². The van der Waals surface area contributed by atoms with Gasteiger partial charge in [-0.25, -0.2) is 13.8 Å². The van der Waals surface area contributed by atoms with Gasteiger partial charge in [0.2, 0.25) is 0 Å². The molecule has 1 aromatic heterocycles. The molecule has 0 aliphatic heterocycles. The molecule has 0 unspecified atom stereocenters. The average molecular weight is 331 g/mol. The first-order chi connectivity index (χ1) is 6.60. The highest BCUT2D eigenvalue weighted by atomic mass is 127. The van der Waals surface area contributed by atoms with E-state index in [1.807, 2.05) is 0 Å². The summed E-state index contributed by atoms with van der Waals surface area (Å²) < 4.78 is 25.0. The number of halogens is 4. The Labute approximate surface area is 97.8 Å². The van der Waals surface area contributed by atoms with E-state index in [-0.39, 0.29) is 20.7 Å². The first-order valence-electron chi connectivity index (χ1n) is 3.58. The summed E-state index contributed by atoms with van der Waals surface area (Å²) in [5, 5.41) is 0. The molecule has 6 heteroatoms. The van der Waals surface area contributed by atoms with Crippen molar-refractivity contribution in [2.75, 3.05) is 0 Å². The second kappa shape index (κ2) is 4.97. The van der Waals surface area contributed by atoms with Crippen molar-refractivity contribution in [3.63, 3.8) is 0 Å². The predicted octanol–water partition coefficient (Wildman–Crippen LogP) is 3.18. The Morgan fingerprint density at radius 2 is 2.29 bits per heavy atom. The van der Waals surface area contributed by atoms with Crippen molar-refractivity contribution in [3.8, 4) is 0 Å². The molecule has 0 aliphatic rings. The minimum absolute atomic E-state index is 0.0353. The van der Waals surface area contributed by atoms with Crippen molar-refractivity contribution in [2.45, 2.75) is 12.3 Å². The van der Waals surface area contributed by atoms with Gasteiger partial charge in [0.15, 0.2) is 6.29 Å². The van der Waals surface area contributed by atoms with Crippen LogP contribution >= 0.6 is 34.2 Å². The second-order valence-electron chi connectivity index (χ2n) is 2.46. The number of rotatable bonds is 3. The first-order valence-corrected chi connectivity index (χ1v) is 5.20. The quantitative estimate of drug-likeness (QED) is 0.368. The molecule has 0 spiro atoms. The lowest BCUT2D eigenvalue weighted by molar-refractivity contribution is 0.112. The van der Waals surface area contributed by atoms with Crippen molar-refractivity contribution < 1.29 is 13.6 Å². The molecule has 0 aliphatic carbocycles. The minimum Gasteiger partial charge on any atom is -0.298 e. The van der Waals surface area contributed by atoms with Crippen LogP contribution in [0.5, 0.6) is 0 Å². The Hall–Kier alpha value is -0.300. The van der Waals surface area contributed by atoms with Crippen molar-refractivity contribution in [1.82, 2.24) is 4.98 Å². The highest BCUT2D eigenvalue weighted by molar-refractivity contribution is 14.1. The van der Waals surface area contributed by atoms with E-state index in [0.29, 0.717) is 12.0 Å². The molecule has 0 aromatic carbocycles. The van der Waals surface area contributed by atoms with Crippen molar-refractivity contribution in [2.24, 2.45) is 0 Å². The highest BCUT2D eigenvalue weighted by Crippen LogP contribution is 2.25. The molecule has 14 heavy (non-hydrogen) atoms. The molecule has 0 atom stereocenters. The molecule has 0 fully saturated rings. The van der Waals surface area contributed by atoms with Crippen LogP contribution in [-0.2, 0) is 5.88 Å². The number of hydrogen-bond donors (Lipinski definition) is 0. The van der Waals surface area contributed by atoms with Gasteiger partial charge in [0.1, 0.15) is 3.70 Å². The van der Waals surface area contributed by atoms with Crippen LogP contribution in [0.1, 0.15) is 28.0 Å². The summed E-state index contributed by atoms with van der Waals surface area (Å²) >= 11 is 7.19. The summed E-state index contributed by atoms with van der Waals surface area (Å²) in [5.74, 6) is 0.0353. The SMILES string of the molecule is O=Cc1cc(C(F)F)c(I)nc1CCl. The molecule has 0 N–H and O–H groups in total. The van der Waals surface area contributed by atoms with E-state index in [0.717, 1.165) is 6.07 Å². The molecule has 1 aromatic rings. The van der Waals surface area contributed by atoms with Crippen molar-refractivity contribution >= 4 is 40.5 Å². The Morgan fingerprint density at radius 3 is 2.71 bits per heavy atom. The van der Waals surface area contributed by atoms with Gasteiger partial charge in [-0.3, -0.25) is 4.79 Å². The van der Waals surface area contributed by atoms with Crippen LogP contribution in [0.3, 0.4) is 0 Å². The van der Waals surface area contributed by atoms with Gasteiger partial charge in [-0.2, -0.15) is 0 Å². The number of aldehydes is 1. The van der Waals surface area contributed by atoms with Crippen molar-refractivity contribution in [3.05, 3.63) is 26.6 Å². The summed E-state index contributed by atoms with van der Waals surface area (Å²) in [6, 6.07) is 1.13. The fourth-order valence-corrected chi connectivity index (χ4v) is 1.82. The van der Waals surface area contributed by atoms with Crippen LogP contribution in [0.25, 0.3) is 0 Å². The number of pyridine rings is 1. The zero-order valence-electron chi connectivity index (χ0n) is 6.81. The van der Waals surface area contributed by atoms with Crippen molar-refractivity contribution in [1.29, 1.82) is 0 Å². The molecule has 2 nitrogen and oxygen atoms in total. The van der Waals surface area contributed by atoms with E-state index in [4.69, 9.17) is 11.6 Å². The fraction of sp³-hybridized carbons (Fsp3) is 0.250. The van der Waals surface area contributed by atoms with E-state index in [2.05, 4.69) is 4.98 Å². The number of carbonyl (C=O) groups is 1. The molecule has 0 bridgehead atoms. The number of hydrogen-bond acceptors (Lipinski definition) is 2. The summed E-state index contributed by atoms with van der Waals surface area (Å²) in [6.45, 7) is 0. The monoisotopic (exact) mass is 331 g/mol. The average Bonchev–Trinajstić information content (AvgIpc) is 2.16. The Balaban J connectivity index is 3.30. The lowest BCUT2D eigenvalue weighted by atomic mass is 10.1. The van der Waals surface area contributed by atoms with E-state index in [9.17, 15) is 13.6 Å². The van der Waals surface area contributed by atoms with Gasteiger partial charge in [-0.05, 0) is 28.7 Å². The van der Waals surface area contributed by atoms with Crippen LogP contribution in [0.2, 0.25) is 0 Å². The lowest BCUT2D eigenvalue weighted by Crippen LogP contribution is -2.01. The number of carbonyl (C=O) groups excluding carboxylic acids is 1. The maximum absolute atomic E-state index is 12.4. The van der Waals surface area contributed by atoms with Gasteiger partial charge in [0, 0.05) is 5.56 Å². The molecule has 0 amide bonds. The second-order valence-corrected chi connectivity index (χ2v) is 3.75. The van der Waals surface area contributed by atoms with Crippen LogP contribution in [-0.4, -0.2) is 11.3 Å². The van der Waals surface area contributed by atoms with Gasteiger partial charge in [-0.1, -0.05) is 0 Å². The Morgan fingerprint density at radius 1 is 1.64 bits per heavy atom. The van der Waals surface area contributed by atoms with Gasteiger partial charge in [0.05, 0.1) is 17.1 Å². The normalized spacial score (nSPS) is 10.6. The summed E-state index contributed by atoms with van der Waals surface area (Å²) in [6.07, 6.45) is -2.15. The minimum atomic E-state index is -2.63. The standard InChI is InChI=1S/C8H5ClF2INO/c9-2-6-4(3-14)1-5(7(10)11)8(12)13-6/h1,3,7H,2H2. The third-order valence-electron chi connectivity index (χ3n) is 1.60. The number of aromatic nitrogens is 1. The first kappa shape index (κ1) is 11.8. The van der Waals surface area contributed by atoms with E-state index in [1.54, 1.807) is 22.6 Å². The number of alkyl halides is 3. The van der Waals surface area contributed by atoms with Gasteiger partial charge < -0.3 is 0 Å². The maximum Gasteiger partial charge on any atom is 0.266 e. The molecule has 1 heterocycles. The smallest absolute Gasteiger partial charge is 0.266 e. The van der Waals surface area contributed by atoms with Gasteiger partial charge in [-0.15, -0.1) is 11.6 Å². The van der Waals surface area contributed by atoms with Crippen LogP contribution in [0.4, 0.5) is 8.78 Å². The molecule has 1 rings (SSSR count). The topological polar surface area (TPSA) is 30.0 Å². The third kappa shape index (κ3) is 2.38. The molecule has 76 valence electrons. The fourth-order valence-electron chi connectivity index (χ4n) is 0.920. The van der Waals surface area contributed by atoms with Crippen LogP contribution in [0.15, 0.2) is 6.07 Å². The highest BCUT2D eigenvalue weighted by Gasteiger charge is 2.16. The summed E-state index contributed by atoms with van der Waals surface area (Å²) in [7, 11) is 0. The van der Waals surface area contributed by atoms with Gasteiger partial charge >= 0.3 is 0 Å². The summed E-state index contributed by atoms with van der Waals surface area (Å²) in [5.41, 5.74) is 0.216. The molecule has 0 radical (unpaired) electrons. The van der Waals surface area contributed by atoms with E-state index >= 15 is 0 Å². The Bertz CT molecular complexity index is 359. The molecule has 0 saturated carbocycles. The van der Waals surface area contributed by atoms with Crippen LogP contribution in [0, 0.1) is 3.70 Å². The molecular formula is C8H5ClF2INO. The zero-order chi connectivity index (χ0) is 10.7. The summed E-state index contributed by atoms with van der Waals surface area (Å²) in [4.78, 5) is 14.4. The molecular weight excluding hydrogens is 326 g/mol. The van der Waals surface area contributed by atoms with Gasteiger partial charge in [0.25, 0.3) is 6.43 Å². The lowest BCUT2D eigenvalue weighted by Gasteiger charge is -2.06.